The van der Waals surface area contributed by atoms with Crippen molar-refractivity contribution in [2.75, 3.05) is 43.9 Å². The van der Waals surface area contributed by atoms with Crippen molar-refractivity contribution in [2.45, 2.75) is 25.8 Å². The minimum atomic E-state index is -0.279. The van der Waals surface area contributed by atoms with Crippen LogP contribution >= 0.6 is 0 Å². The van der Waals surface area contributed by atoms with Gasteiger partial charge in [0, 0.05) is 19.6 Å². The summed E-state index contributed by atoms with van der Waals surface area (Å²) < 4.78 is 0. The summed E-state index contributed by atoms with van der Waals surface area (Å²) in [5.41, 5.74) is 1.48. The van der Waals surface area contributed by atoms with Crippen LogP contribution in [0, 0.1) is 10.1 Å². The van der Waals surface area contributed by atoms with Crippen molar-refractivity contribution < 1.29 is 4.92 Å². The van der Waals surface area contributed by atoms with E-state index in [1.54, 1.807) is 6.07 Å². The molecule has 1 aromatic rings. The monoisotopic (exact) mass is 292 g/mol. The average Bonchev–Trinajstić information content (AvgIpc) is 2.47. The summed E-state index contributed by atoms with van der Waals surface area (Å²) in [5, 5.41) is 14.6. The van der Waals surface area contributed by atoms with Gasteiger partial charge in [0.25, 0.3) is 0 Å². The zero-order valence-corrected chi connectivity index (χ0v) is 13.0. The summed E-state index contributed by atoms with van der Waals surface area (Å²) in [5.74, 6) is 0. The van der Waals surface area contributed by atoms with E-state index in [4.69, 9.17) is 0 Å². The average molecular weight is 292 g/mol. The van der Waals surface area contributed by atoms with E-state index in [2.05, 4.69) is 22.2 Å². The summed E-state index contributed by atoms with van der Waals surface area (Å²) in [6, 6.07) is 5.85. The Balaban J connectivity index is 2.29. The molecule has 1 aromatic carbocycles. The normalized spacial score (nSPS) is 16.7. The maximum atomic E-state index is 11.5. The van der Waals surface area contributed by atoms with Crippen molar-refractivity contribution in [3.8, 4) is 0 Å². The Hall–Kier alpha value is -1.82. The number of nitro benzene ring substituents is 1. The molecule has 6 nitrogen and oxygen atoms in total. The Kier molecular flexibility index (Phi) is 5.01. The molecule has 1 fully saturated rings. The van der Waals surface area contributed by atoms with Crippen LogP contribution in [-0.2, 0) is 0 Å². The summed E-state index contributed by atoms with van der Waals surface area (Å²) in [6.45, 7) is 4.69. The molecule has 116 valence electrons. The van der Waals surface area contributed by atoms with Crippen LogP contribution in [-0.4, -0.2) is 49.6 Å². The Morgan fingerprint density at radius 1 is 1.43 bits per heavy atom. The van der Waals surface area contributed by atoms with Gasteiger partial charge in [-0.1, -0.05) is 6.07 Å². The number of benzene rings is 1. The largest absolute Gasteiger partial charge is 0.380 e. The summed E-state index contributed by atoms with van der Waals surface area (Å²) in [7, 11) is 4.08. The van der Waals surface area contributed by atoms with Crippen molar-refractivity contribution in [3.63, 3.8) is 0 Å². The van der Waals surface area contributed by atoms with Gasteiger partial charge < -0.3 is 15.1 Å². The highest BCUT2D eigenvalue weighted by atomic mass is 16.6. The number of piperidine rings is 1. The van der Waals surface area contributed by atoms with E-state index in [9.17, 15) is 10.1 Å². The van der Waals surface area contributed by atoms with Crippen molar-refractivity contribution in [2.24, 2.45) is 0 Å². The molecule has 0 bridgehead atoms. The highest BCUT2D eigenvalue weighted by molar-refractivity contribution is 5.77. The van der Waals surface area contributed by atoms with Gasteiger partial charge in [-0.3, -0.25) is 10.1 Å². The van der Waals surface area contributed by atoms with Crippen molar-refractivity contribution in [1.29, 1.82) is 0 Å². The molecule has 0 unspecified atom stereocenters. The molecular formula is C15H24N4O2. The van der Waals surface area contributed by atoms with Gasteiger partial charge in [-0.05, 0) is 52.0 Å². The maximum Gasteiger partial charge on any atom is 0.315 e. The minimum Gasteiger partial charge on any atom is -0.380 e. The van der Waals surface area contributed by atoms with Crippen LogP contribution in [0.4, 0.5) is 17.1 Å². The molecule has 6 heteroatoms. The first-order valence-electron chi connectivity index (χ1n) is 7.47. The van der Waals surface area contributed by atoms with Crippen LogP contribution in [0.15, 0.2) is 18.2 Å². The van der Waals surface area contributed by atoms with Gasteiger partial charge in [0.15, 0.2) is 0 Å². The van der Waals surface area contributed by atoms with Gasteiger partial charge in [0.05, 0.1) is 4.92 Å². The van der Waals surface area contributed by atoms with Gasteiger partial charge in [-0.25, -0.2) is 0 Å². The molecule has 21 heavy (non-hydrogen) atoms. The highest BCUT2D eigenvalue weighted by Gasteiger charge is 2.27. The Morgan fingerprint density at radius 3 is 2.67 bits per heavy atom. The zero-order chi connectivity index (χ0) is 15.4. The molecule has 1 aliphatic rings. The Bertz CT molecular complexity index is 498. The van der Waals surface area contributed by atoms with Crippen LogP contribution in [0.1, 0.15) is 19.8 Å². The van der Waals surface area contributed by atoms with Crippen LogP contribution < -0.4 is 10.2 Å². The summed E-state index contributed by atoms with van der Waals surface area (Å²) >= 11 is 0. The van der Waals surface area contributed by atoms with E-state index in [0.29, 0.717) is 24.0 Å². The lowest BCUT2D eigenvalue weighted by Crippen LogP contribution is -2.42. The standard InChI is InChI=1S/C15H24N4O2/c1-4-16-13-6-5-7-14(15(13)19(20)21)18(3)12-8-10-17(2)11-9-12/h5-7,12,16H,4,8-11H2,1-3H3. The second-order valence-corrected chi connectivity index (χ2v) is 5.61. The van der Waals surface area contributed by atoms with Crippen LogP contribution in [0.3, 0.4) is 0 Å². The van der Waals surface area contributed by atoms with E-state index in [1.165, 1.54) is 0 Å². The van der Waals surface area contributed by atoms with Crippen molar-refractivity contribution in [3.05, 3.63) is 28.3 Å². The van der Waals surface area contributed by atoms with Crippen molar-refractivity contribution in [1.82, 2.24) is 4.90 Å². The van der Waals surface area contributed by atoms with Gasteiger partial charge in [-0.2, -0.15) is 0 Å². The van der Waals surface area contributed by atoms with Gasteiger partial charge in [0.2, 0.25) is 0 Å². The molecule has 0 atom stereocenters. The Labute approximate surface area is 125 Å². The van der Waals surface area contributed by atoms with Gasteiger partial charge in [0.1, 0.15) is 11.4 Å². The number of anilines is 2. The third kappa shape index (κ3) is 3.44. The fourth-order valence-corrected chi connectivity index (χ4v) is 2.92. The quantitative estimate of drug-likeness (QED) is 0.667. The number of nitrogens with zero attached hydrogens (tertiary/aromatic N) is 3. The SMILES string of the molecule is CCNc1cccc(N(C)C2CCN(C)CC2)c1[N+](=O)[O-]. The zero-order valence-electron chi connectivity index (χ0n) is 13.0. The lowest BCUT2D eigenvalue weighted by atomic mass is 10.0. The first-order valence-corrected chi connectivity index (χ1v) is 7.47. The number of nitrogens with one attached hydrogen (secondary N) is 1. The second-order valence-electron chi connectivity index (χ2n) is 5.61. The van der Waals surface area contributed by atoms with Crippen LogP contribution in [0.2, 0.25) is 0 Å². The first-order chi connectivity index (χ1) is 10.0. The van der Waals surface area contributed by atoms with Gasteiger partial charge >= 0.3 is 5.69 Å². The molecule has 0 aromatic heterocycles. The summed E-state index contributed by atoms with van der Waals surface area (Å²) in [4.78, 5) is 15.6. The molecular weight excluding hydrogens is 268 g/mol. The smallest absolute Gasteiger partial charge is 0.315 e. The lowest BCUT2D eigenvalue weighted by molar-refractivity contribution is -0.383. The topological polar surface area (TPSA) is 61.6 Å². The molecule has 1 saturated heterocycles. The van der Waals surface area contributed by atoms with E-state index >= 15 is 0 Å². The summed E-state index contributed by atoms with van der Waals surface area (Å²) in [6.07, 6.45) is 2.07. The third-order valence-electron chi connectivity index (χ3n) is 4.18. The van der Waals surface area contributed by atoms with Crippen LogP contribution in [0.5, 0.6) is 0 Å². The van der Waals surface area contributed by atoms with Crippen molar-refractivity contribution >= 4 is 17.1 Å². The molecule has 0 aliphatic carbocycles. The second kappa shape index (κ2) is 6.76. The van der Waals surface area contributed by atoms with E-state index in [-0.39, 0.29) is 10.6 Å². The molecule has 2 rings (SSSR count). The molecule has 1 N–H and O–H groups in total. The number of hydrogen-bond acceptors (Lipinski definition) is 5. The predicted molar refractivity (Wildman–Crippen MR) is 86.2 cm³/mol. The molecule has 0 radical (unpaired) electrons. The highest BCUT2D eigenvalue weighted by Crippen LogP contribution is 2.36. The molecule has 0 saturated carbocycles. The fourth-order valence-electron chi connectivity index (χ4n) is 2.92. The molecule has 1 heterocycles. The number of rotatable bonds is 5. The van der Waals surface area contributed by atoms with Crippen LogP contribution in [0.25, 0.3) is 0 Å². The minimum absolute atomic E-state index is 0.181. The number of hydrogen-bond donors (Lipinski definition) is 1. The fraction of sp³-hybridized carbons (Fsp3) is 0.600. The Morgan fingerprint density at radius 2 is 2.10 bits per heavy atom. The molecule has 0 spiro atoms. The molecule has 1 aliphatic heterocycles. The van der Waals surface area contributed by atoms with E-state index < -0.39 is 0 Å². The number of nitro groups is 1. The predicted octanol–water partition coefficient (Wildman–Crippen LogP) is 2.56. The number of para-hydroxylation sites is 1. The first kappa shape index (κ1) is 15.6. The molecule has 0 amide bonds. The van der Waals surface area contributed by atoms with Gasteiger partial charge in [-0.15, -0.1) is 0 Å². The lowest BCUT2D eigenvalue weighted by Gasteiger charge is -2.36. The van der Waals surface area contributed by atoms with E-state index in [1.807, 2.05) is 26.1 Å². The third-order valence-corrected chi connectivity index (χ3v) is 4.18. The van der Waals surface area contributed by atoms with E-state index in [0.717, 1.165) is 25.9 Å². The maximum absolute atomic E-state index is 11.5. The number of likely N-dealkylation sites (tertiary alicyclic amines) is 1.